The number of rotatable bonds is 1. The molecule has 0 aromatic heterocycles. The van der Waals surface area contributed by atoms with E-state index in [0.717, 1.165) is 19.3 Å². The van der Waals surface area contributed by atoms with Crippen molar-refractivity contribution in [2.24, 2.45) is 10.8 Å². The first-order valence-electron chi connectivity index (χ1n) is 8.59. The average molecular weight is 325 g/mol. The maximum Gasteiger partial charge on any atom is 0.411 e. The van der Waals surface area contributed by atoms with Crippen molar-refractivity contribution in [3.63, 3.8) is 0 Å². The second-order valence-electron chi connectivity index (χ2n) is 8.72. The van der Waals surface area contributed by atoms with E-state index in [4.69, 9.17) is 9.47 Å². The maximum atomic E-state index is 12.6. The van der Waals surface area contributed by atoms with Crippen molar-refractivity contribution in [3.05, 3.63) is 0 Å². The fourth-order valence-corrected chi connectivity index (χ4v) is 4.15. The van der Waals surface area contributed by atoms with E-state index in [0.29, 0.717) is 13.0 Å². The van der Waals surface area contributed by atoms with Crippen molar-refractivity contribution >= 4 is 12.1 Å². The molecule has 0 aromatic rings. The topological polar surface area (TPSA) is 55.8 Å². The van der Waals surface area contributed by atoms with Gasteiger partial charge in [0.1, 0.15) is 11.6 Å². The molecule has 2 fully saturated rings. The molecule has 0 aromatic carbocycles. The molecule has 5 heteroatoms. The van der Waals surface area contributed by atoms with Crippen molar-refractivity contribution in [1.29, 1.82) is 0 Å². The Morgan fingerprint density at radius 1 is 1.13 bits per heavy atom. The minimum absolute atomic E-state index is 0.0268. The van der Waals surface area contributed by atoms with Crippen molar-refractivity contribution in [2.45, 2.75) is 78.4 Å². The predicted molar refractivity (Wildman–Crippen MR) is 88.0 cm³/mol. The number of hydrogen-bond donors (Lipinski definition) is 0. The van der Waals surface area contributed by atoms with Crippen LogP contribution >= 0.6 is 0 Å². The molecule has 1 aliphatic heterocycles. The molecule has 2 aliphatic rings. The minimum atomic E-state index is -0.574. The molecule has 2 rings (SSSR count). The Bertz CT molecular complexity index is 480. The second kappa shape index (κ2) is 5.99. The molecular formula is C18H31NO4. The fourth-order valence-electron chi connectivity index (χ4n) is 4.15. The number of esters is 1. The summed E-state index contributed by atoms with van der Waals surface area (Å²) in [5.74, 6) is -0.339. The van der Waals surface area contributed by atoms with Crippen LogP contribution < -0.4 is 0 Å². The third-order valence-corrected chi connectivity index (χ3v) is 5.68. The van der Waals surface area contributed by atoms with E-state index in [2.05, 4.69) is 13.8 Å². The van der Waals surface area contributed by atoms with E-state index in [-0.39, 0.29) is 16.8 Å². The van der Waals surface area contributed by atoms with Crippen molar-refractivity contribution in [3.8, 4) is 0 Å². The summed E-state index contributed by atoms with van der Waals surface area (Å²) >= 11 is 0. The highest BCUT2D eigenvalue weighted by molar-refractivity contribution is 5.82. The van der Waals surface area contributed by atoms with Crippen LogP contribution in [-0.2, 0) is 14.3 Å². The molecule has 1 amide bonds. The highest BCUT2D eigenvalue weighted by Gasteiger charge is 2.57. The van der Waals surface area contributed by atoms with Gasteiger partial charge in [-0.05, 0) is 50.9 Å². The number of methoxy groups -OCH3 is 1. The summed E-state index contributed by atoms with van der Waals surface area (Å²) in [5.41, 5.74) is -0.495. The summed E-state index contributed by atoms with van der Waals surface area (Å²) in [7, 11) is 1.38. The van der Waals surface area contributed by atoms with Crippen molar-refractivity contribution in [1.82, 2.24) is 4.90 Å². The summed E-state index contributed by atoms with van der Waals surface area (Å²) < 4.78 is 10.5. The first-order valence-corrected chi connectivity index (χ1v) is 8.59. The van der Waals surface area contributed by atoms with E-state index in [9.17, 15) is 9.59 Å². The van der Waals surface area contributed by atoms with Gasteiger partial charge in [-0.1, -0.05) is 26.7 Å². The average Bonchev–Trinajstić information content (AvgIpc) is 2.81. The van der Waals surface area contributed by atoms with Crippen LogP contribution in [0.5, 0.6) is 0 Å². The SMILES string of the molecule is COC(=O)C1CC2(CCCCC2(C)C)CN1C(=O)OC(C)(C)C. The van der Waals surface area contributed by atoms with Crippen LogP contribution in [0.25, 0.3) is 0 Å². The van der Waals surface area contributed by atoms with Gasteiger partial charge in [0.05, 0.1) is 7.11 Å². The number of nitrogens with zero attached hydrogens (tertiary/aromatic N) is 1. The highest BCUT2D eigenvalue weighted by Crippen LogP contribution is 2.57. The van der Waals surface area contributed by atoms with Gasteiger partial charge in [-0.3, -0.25) is 4.90 Å². The largest absolute Gasteiger partial charge is 0.467 e. The molecule has 2 unspecified atom stereocenters. The number of carbonyl (C=O) groups is 2. The predicted octanol–water partition coefficient (Wildman–Crippen LogP) is 3.76. The van der Waals surface area contributed by atoms with Crippen LogP contribution in [0.15, 0.2) is 0 Å². The number of likely N-dealkylation sites (tertiary alicyclic amines) is 1. The lowest BCUT2D eigenvalue weighted by Crippen LogP contribution is -2.45. The molecule has 0 bridgehead atoms. The third-order valence-electron chi connectivity index (χ3n) is 5.68. The molecule has 0 N–H and O–H groups in total. The van der Waals surface area contributed by atoms with E-state index in [1.807, 2.05) is 20.8 Å². The first kappa shape index (κ1) is 18.1. The zero-order valence-corrected chi connectivity index (χ0v) is 15.4. The number of hydrogen-bond acceptors (Lipinski definition) is 4. The molecule has 1 heterocycles. The van der Waals surface area contributed by atoms with Crippen LogP contribution in [-0.4, -0.2) is 42.3 Å². The van der Waals surface area contributed by atoms with Gasteiger partial charge in [-0.2, -0.15) is 0 Å². The lowest BCUT2D eigenvalue weighted by molar-refractivity contribution is -0.145. The summed E-state index contributed by atoms with van der Waals surface area (Å²) in [6.07, 6.45) is 4.80. The first-order chi connectivity index (χ1) is 10.5. The lowest BCUT2D eigenvalue weighted by atomic mass is 9.57. The number of amides is 1. The van der Waals surface area contributed by atoms with Gasteiger partial charge in [0.2, 0.25) is 0 Å². The molecular weight excluding hydrogens is 294 g/mol. The molecule has 1 saturated heterocycles. The second-order valence-corrected chi connectivity index (χ2v) is 8.72. The Labute approximate surface area is 139 Å². The minimum Gasteiger partial charge on any atom is -0.467 e. The normalized spacial score (nSPS) is 30.3. The molecule has 1 spiro atoms. The smallest absolute Gasteiger partial charge is 0.411 e. The van der Waals surface area contributed by atoms with Crippen LogP contribution in [0.3, 0.4) is 0 Å². The third kappa shape index (κ3) is 3.48. The van der Waals surface area contributed by atoms with E-state index >= 15 is 0 Å². The summed E-state index contributed by atoms with van der Waals surface area (Å²) in [4.78, 5) is 26.5. The quantitative estimate of drug-likeness (QED) is 0.689. The molecule has 0 radical (unpaired) electrons. The Morgan fingerprint density at radius 2 is 1.74 bits per heavy atom. The van der Waals surface area contributed by atoms with Crippen LogP contribution in [0.4, 0.5) is 4.79 Å². The summed E-state index contributed by atoms with van der Waals surface area (Å²) in [5, 5.41) is 0. The molecule has 5 nitrogen and oxygen atoms in total. The van der Waals surface area contributed by atoms with Gasteiger partial charge < -0.3 is 9.47 Å². The molecule has 132 valence electrons. The van der Waals surface area contributed by atoms with Crippen molar-refractivity contribution in [2.75, 3.05) is 13.7 Å². The lowest BCUT2D eigenvalue weighted by Gasteiger charge is -2.48. The van der Waals surface area contributed by atoms with Gasteiger partial charge >= 0.3 is 12.1 Å². The van der Waals surface area contributed by atoms with Crippen LogP contribution in [0, 0.1) is 10.8 Å². The van der Waals surface area contributed by atoms with Gasteiger partial charge in [0.25, 0.3) is 0 Å². The number of ether oxygens (including phenoxy) is 2. The van der Waals surface area contributed by atoms with E-state index in [1.54, 1.807) is 4.90 Å². The molecule has 1 aliphatic carbocycles. The number of carbonyl (C=O) groups excluding carboxylic acids is 2. The van der Waals surface area contributed by atoms with Crippen LogP contribution in [0.1, 0.15) is 66.7 Å². The zero-order valence-electron chi connectivity index (χ0n) is 15.4. The summed E-state index contributed by atoms with van der Waals surface area (Å²) in [6, 6.07) is -0.535. The maximum absolute atomic E-state index is 12.6. The van der Waals surface area contributed by atoms with E-state index in [1.165, 1.54) is 13.5 Å². The van der Waals surface area contributed by atoms with Gasteiger partial charge in [-0.25, -0.2) is 9.59 Å². The van der Waals surface area contributed by atoms with Gasteiger partial charge in [0, 0.05) is 6.54 Å². The molecule has 1 saturated carbocycles. The van der Waals surface area contributed by atoms with Gasteiger partial charge in [0.15, 0.2) is 0 Å². The highest BCUT2D eigenvalue weighted by atomic mass is 16.6. The van der Waals surface area contributed by atoms with Gasteiger partial charge in [-0.15, -0.1) is 0 Å². The monoisotopic (exact) mass is 325 g/mol. The fraction of sp³-hybridized carbons (Fsp3) is 0.889. The van der Waals surface area contributed by atoms with Crippen molar-refractivity contribution < 1.29 is 19.1 Å². The Morgan fingerprint density at radius 3 is 2.26 bits per heavy atom. The summed E-state index contributed by atoms with van der Waals surface area (Å²) in [6.45, 7) is 10.6. The van der Waals surface area contributed by atoms with Crippen LogP contribution in [0.2, 0.25) is 0 Å². The Kier molecular flexibility index (Phi) is 4.71. The van der Waals surface area contributed by atoms with E-state index < -0.39 is 17.7 Å². The Balaban J connectivity index is 2.29. The molecule has 23 heavy (non-hydrogen) atoms. The molecule has 2 atom stereocenters. The zero-order chi connectivity index (χ0) is 17.5. The Hall–Kier alpha value is -1.26. The standard InChI is InChI=1S/C18H31NO4/c1-16(2,3)23-15(21)19-12-18(11-13(19)14(20)22-6)10-8-7-9-17(18,4)5/h13H,7-12H2,1-6H3.